The Balaban J connectivity index is 1.32. The Bertz CT molecular complexity index is 1510. The number of benzene rings is 2. The Hall–Kier alpha value is -2.26. The number of anilines is 1. The highest BCUT2D eigenvalue weighted by molar-refractivity contribution is 7.09. The molecule has 7 rings (SSSR count). The molecule has 0 spiro atoms. The van der Waals surface area contributed by atoms with Crippen molar-refractivity contribution in [2.24, 2.45) is 0 Å². The quantitative estimate of drug-likeness (QED) is 0.286. The van der Waals surface area contributed by atoms with Crippen LogP contribution in [0.1, 0.15) is 90.3 Å². The molecule has 0 amide bonds. The Morgan fingerprint density at radius 3 is 2.60 bits per heavy atom. The van der Waals surface area contributed by atoms with E-state index in [1.54, 1.807) is 0 Å². The number of rotatable bonds is 4. The summed E-state index contributed by atoms with van der Waals surface area (Å²) in [6, 6.07) is 16.2. The van der Waals surface area contributed by atoms with E-state index in [2.05, 4.69) is 116 Å². The Labute approximate surface area is 242 Å². The van der Waals surface area contributed by atoms with Crippen LogP contribution in [0.3, 0.4) is 0 Å². The molecule has 2 aromatic carbocycles. The van der Waals surface area contributed by atoms with Gasteiger partial charge >= 0.3 is 0 Å². The Kier molecular flexibility index (Phi) is 5.90. The van der Waals surface area contributed by atoms with Gasteiger partial charge < -0.3 is 14.2 Å². The van der Waals surface area contributed by atoms with Gasteiger partial charge in [0.2, 0.25) is 5.69 Å². The summed E-state index contributed by atoms with van der Waals surface area (Å²) in [6.07, 6.45) is 5.97. The summed E-state index contributed by atoms with van der Waals surface area (Å²) >= 11 is 0. The number of allylic oxidation sites excluding steroid dienone is 1. The maximum Gasteiger partial charge on any atom is 0.209 e. The third kappa shape index (κ3) is 3.72. The lowest BCUT2D eigenvalue weighted by Gasteiger charge is -2.42. The van der Waals surface area contributed by atoms with Gasteiger partial charge in [-0.3, -0.25) is 0 Å². The second-order valence-electron chi connectivity index (χ2n) is 14.3. The first kappa shape index (κ1) is 26.6. The largest absolute Gasteiger partial charge is 0.365 e. The molecule has 4 unspecified atom stereocenters. The van der Waals surface area contributed by atoms with Gasteiger partial charge in [0, 0.05) is 62.0 Å². The number of fused-ring (bicyclic) bond motifs is 8. The molecule has 5 aliphatic heterocycles. The lowest BCUT2D eigenvalue weighted by Crippen LogP contribution is -2.47. The number of hydrogen-bond acceptors (Lipinski definition) is 3. The first-order valence-electron chi connectivity index (χ1n) is 15.1. The maximum atomic E-state index is 7.01. The van der Waals surface area contributed by atoms with E-state index >= 15 is 0 Å². The second-order valence-corrected chi connectivity index (χ2v) is 14.5. The fourth-order valence-electron chi connectivity index (χ4n) is 8.49. The minimum atomic E-state index is -0.171. The van der Waals surface area contributed by atoms with Gasteiger partial charge in [-0.2, -0.15) is 4.58 Å². The molecule has 0 saturated heterocycles. The van der Waals surface area contributed by atoms with E-state index < -0.39 is 0 Å². The molecule has 5 heteroatoms. The zero-order valence-electron chi connectivity index (χ0n) is 25.2. The highest BCUT2D eigenvalue weighted by atomic mass is 31.0. The summed E-state index contributed by atoms with van der Waals surface area (Å²) in [4.78, 5) is 2.58. The summed E-state index contributed by atoms with van der Waals surface area (Å²) in [5, 5.41) is 0. The van der Waals surface area contributed by atoms with Gasteiger partial charge in [0.25, 0.3) is 0 Å². The van der Waals surface area contributed by atoms with Crippen molar-refractivity contribution < 1.29 is 13.8 Å². The van der Waals surface area contributed by atoms with E-state index in [0.717, 1.165) is 32.4 Å². The van der Waals surface area contributed by atoms with Gasteiger partial charge in [-0.1, -0.05) is 45.0 Å². The van der Waals surface area contributed by atoms with Crippen LogP contribution < -0.4 is 4.90 Å². The van der Waals surface area contributed by atoms with Crippen LogP contribution in [-0.2, 0) is 20.1 Å². The van der Waals surface area contributed by atoms with Crippen LogP contribution >= 0.6 is 9.47 Å². The molecule has 0 N–H and O–H groups in total. The fraction of sp³-hybridized carbons (Fsp3) is 0.514. The zero-order valence-corrected chi connectivity index (χ0v) is 26.3. The average Bonchev–Trinajstić information content (AvgIpc) is 3.31. The lowest BCUT2D eigenvalue weighted by molar-refractivity contribution is -0.445. The maximum absolute atomic E-state index is 7.01. The fourth-order valence-corrected chi connectivity index (χ4v) is 8.58. The monoisotopic (exact) mass is 555 g/mol. The first-order chi connectivity index (χ1) is 18.9. The van der Waals surface area contributed by atoms with E-state index in [0.29, 0.717) is 5.92 Å². The highest BCUT2D eigenvalue weighted by Gasteiger charge is 2.54. The third-order valence-electron chi connectivity index (χ3n) is 10.4. The standard InChI is InChI=1S/C35H44N2O2P/c1-21(20-33(2,3)39-40)22-12-13-28-26(18-22)35(6,7)32-24-19-23-29(38-30(24)15-17-37(28)32)14-16-36-27-11-9-8-10-25(27)34(4,5)31(23)36/h8-13,18-19,21,29-30H,14-17,20,40H2,1-7H3/q+1. The minimum absolute atomic E-state index is 0.0371. The summed E-state index contributed by atoms with van der Waals surface area (Å²) < 4.78 is 15.3. The van der Waals surface area contributed by atoms with Crippen LogP contribution in [0.25, 0.3) is 0 Å². The van der Waals surface area contributed by atoms with Gasteiger partial charge in [0.15, 0.2) is 12.3 Å². The van der Waals surface area contributed by atoms with Gasteiger partial charge in [-0.05, 0) is 75.8 Å². The van der Waals surface area contributed by atoms with E-state index in [1.165, 1.54) is 50.6 Å². The van der Waals surface area contributed by atoms with Crippen molar-refractivity contribution in [3.63, 3.8) is 0 Å². The molecule has 5 heterocycles. The van der Waals surface area contributed by atoms with Gasteiger partial charge in [0.1, 0.15) is 0 Å². The number of nitrogens with zero attached hydrogens (tertiary/aromatic N) is 2. The van der Waals surface area contributed by atoms with Crippen LogP contribution in [0, 0.1) is 0 Å². The first-order valence-corrected chi connectivity index (χ1v) is 15.6. The van der Waals surface area contributed by atoms with Crippen LogP contribution in [-0.4, -0.2) is 41.2 Å². The van der Waals surface area contributed by atoms with Crippen molar-refractivity contribution in [3.8, 4) is 0 Å². The highest BCUT2D eigenvalue weighted by Crippen LogP contribution is 2.54. The van der Waals surface area contributed by atoms with Gasteiger partial charge in [-0.25, -0.2) is 0 Å². The van der Waals surface area contributed by atoms with Gasteiger partial charge in [0.05, 0.1) is 23.2 Å². The van der Waals surface area contributed by atoms with Crippen LogP contribution in [0.2, 0.25) is 0 Å². The van der Waals surface area contributed by atoms with Crippen molar-refractivity contribution in [1.29, 1.82) is 0 Å². The molecule has 2 aromatic rings. The van der Waals surface area contributed by atoms with Crippen LogP contribution in [0.15, 0.2) is 65.4 Å². The Morgan fingerprint density at radius 1 is 1.05 bits per heavy atom. The number of ether oxygens (including phenoxy) is 1. The van der Waals surface area contributed by atoms with Crippen molar-refractivity contribution in [3.05, 3.63) is 82.1 Å². The van der Waals surface area contributed by atoms with Crippen molar-refractivity contribution in [1.82, 2.24) is 0 Å². The molecule has 4 atom stereocenters. The van der Waals surface area contributed by atoms with Crippen LogP contribution in [0.4, 0.5) is 11.4 Å². The molecule has 5 aliphatic rings. The molecule has 0 saturated carbocycles. The molecule has 4 nitrogen and oxygen atoms in total. The summed E-state index contributed by atoms with van der Waals surface area (Å²) in [5.74, 6) is 0.413. The summed E-state index contributed by atoms with van der Waals surface area (Å²) in [7, 11) is 2.45. The predicted octanol–water partition coefficient (Wildman–Crippen LogP) is 7.69. The van der Waals surface area contributed by atoms with Crippen molar-refractivity contribution >= 4 is 26.6 Å². The van der Waals surface area contributed by atoms with E-state index in [1.807, 2.05) is 0 Å². The molecule has 0 radical (unpaired) electrons. The molecular formula is C35H44N2O2P+. The predicted molar refractivity (Wildman–Crippen MR) is 167 cm³/mol. The number of hydrogen-bond donors (Lipinski definition) is 0. The summed E-state index contributed by atoms with van der Waals surface area (Å²) in [5.41, 5.74) is 12.4. The van der Waals surface area contributed by atoms with E-state index in [9.17, 15) is 0 Å². The topological polar surface area (TPSA) is 24.7 Å². The minimum Gasteiger partial charge on any atom is -0.365 e. The van der Waals surface area contributed by atoms with Crippen molar-refractivity contribution in [2.75, 3.05) is 18.0 Å². The average molecular weight is 556 g/mol. The van der Waals surface area contributed by atoms with E-state index in [4.69, 9.17) is 9.26 Å². The molecule has 0 aromatic heterocycles. The molecule has 0 fully saturated rings. The number of para-hydroxylation sites is 1. The Morgan fingerprint density at radius 2 is 1.82 bits per heavy atom. The molecule has 210 valence electrons. The van der Waals surface area contributed by atoms with Gasteiger partial charge in [-0.15, -0.1) is 0 Å². The van der Waals surface area contributed by atoms with E-state index in [-0.39, 0.29) is 28.6 Å². The molecule has 0 bridgehead atoms. The normalized spacial score (nSPS) is 26.4. The third-order valence-corrected chi connectivity index (χ3v) is 11.0. The zero-order chi connectivity index (χ0) is 28.2. The SMILES string of the molecule is CC(CC(C)(C)OP)c1ccc2c(c1)C(C)(C)C1=[N+]2CCC2OC3CCN4C(=C3C=C12)C(C)(C)c1ccccc14. The molecule has 40 heavy (non-hydrogen) atoms. The second kappa shape index (κ2) is 8.87. The summed E-state index contributed by atoms with van der Waals surface area (Å²) in [6.45, 7) is 18.3. The van der Waals surface area contributed by atoms with Crippen molar-refractivity contribution in [2.45, 2.75) is 102 Å². The lowest BCUT2D eigenvalue weighted by atomic mass is 9.73. The molecular weight excluding hydrogens is 511 g/mol. The molecule has 0 aliphatic carbocycles. The van der Waals surface area contributed by atoms with Crippen LogP contribution in [0.5, 0.6) is 0 Å². The smallest absolute Gasteiger partial charge is 0.209 e.